The molecule has 0 unspecified atom stereocenters. The number of halogens is 5. The van der Waals surface area contributed by atoms with Crippen molar-refractivity contribution in [2.24, 2.45) is 5.92 Å². The van der Waals surface area contributed by atoms with Gasteiger partial charge in [-0.3, -0.25) is 14.4 Å². The summed E-state index contributed by atoms with van der Waals surface area (Å²) in [6.45, 7) is 0. The second-order valence-corrected chi connectivity index (χ2v) is 8.69. The summed E-state index contributed by atoms with van der Waals surface area (Å²) in [5, 5.41) is 2.01. The Labute approximate surface area is 202 Å². The standard InChI is InChI=1S/C24H15Cl2F3N2O3/c25-13-10-11-15(17(26)12-13)20-19-21(34-31(20)14-6-2-1-3-7-14)23(33)30(22(19)32)18-9-5-4-8-16(18)24(27,28)29/h1-12,19-21H/t19-,20-,21+/m0/s1. The van der Waals surface area contributed by atoms with Crippen molar-refractivity contribution in [1.29, 1.82) is 0 Å². The maximum atomic E-state index is 13.6. The first-order valence-electron chi connectivity index (χ1n) is 10.2. The first kappa shape index (κ1) is 22.7. The molecule has 3 aromatic rings. The third-order valence-corrected chi connectivity index (χ3v) is 6.42. The number of hydrogen-bond acceptors (Lipinski definition) is 4. The van der Waals surface area contributed by atoms with Gasteiger partial charge in [-0.1, -0.05) is 59.6 Å². The lowest BCUT2D eigenvalue weighted by Gasteiger charge is -2.29. The van der Waals surface area contributed by atoms with E-state index in [1.165, 1.54) is 23.3 Å². The molecule has 0 radical (unpaired) electrons. The van der Waals surface area contributed by atoms with Crippen molar-refractivity contribution in [2.45, 2.75) is 18.3 Å². The zero-order valence-electron chi connectivity index (χ0n) is 17.2. The Hall–Kier alpha value is -3.07. The zero-order chi connectivity index (χ0) is 24.2. The molecular weight excluding hydrogens is 492 g/mol. The normalized spacial score (nSPS) is 22.4. The van der Waals surface area contributed by atoms with E-state index in [1.807, 2.05) is 0 Å². The minimum absolute atomic E-state index is 0.233. The average Bonchev–Trinajstić information content (AvgIpc) is 3.30. The van der Waals surface area contributed by atoms with Gasteiger partial charge in [0, 0.05) is 10.0 Å². The Morgan fingerprint density at radius 1 is 0.853 bits per heavy atom. The quantitative estimate of drug-likeness (QED) is 0.405. The largest absolute Gasteiger partial charge is 0.418 e. The summed E-state index contributed by atoms with van der Waals surface area (Å²) in [5.74, 6) is -2.81. The van der Waals surface area contributed by atoms with Gasteiger partial charge in [0.15, 0.2) is 6.10 Å². The van der Waals surface area contributed by atoms with Gasteiger partial charge in [0.25, 0.3) is 5.91 Å². The van der Waals surface area contributed by atoms with Crippen molar-refractivity contribution in [1.82, 2.24) is 0 Å². The molecule has 0 N–H and O–H groups in total. The second kappa shape index (κ2) is 8.30. The molecular formula is C24H15Cl2F3N2O3. The Morgan fingerprint density at radius 3 is 2.21 bits per heavy atom. The zero-order valence-corrected chi connectivity index (χ0v) is 18.7. The number of nitrogens with zero attached hydrogens (tertiary/aromatic N) is 2. The Morgan fingerprint density at radius 2 is 1.53 bits per heavy atom. The lowest BCUT2D eigenvalue weighted by atomic mass is 9.90. The molecule has 10 heteroatoms. The van der Waals surface area contributed by atoms with Gasteiger partial charge in [0.1, 0.15) is 5.92 Å². The molecule has 0 aliphatic carbocycles. The third kappa shape index (κ3) is 3.62. The van der Waals surface area contributed by atoms with Crippen molar-refractivity contribution in [3.63, 3.8) is 0 Å². The molecule has 34 heavy (non-hydrogen) atoms. The molecule has 5 nitrogen and oxygen atoms in total. The van der Waals surface area contributed by atoms with E-state index in [-0.39, 0.29) is 5.02 Å². The predicted octanol–water partition coefficient (Wildman–Crippen LogP) is 6.06. The number of fused-ring (bicyclic) bond motifs is 1. The van der Waals surface area contributed by atoms with Gasteiger partial charge in [-0.25, -0.2) is 9.96 Å². The number of amides is 2. The van der Waals surface area contributed by atoms with Gasteiger partial charge in [0.2, 0.25) is 5.91 Å². The van der Waals surface area contributed by atoms with Crippen molar-refractivity contribution in [2.75, 3.05) is 9.96 Å². The summed E-state index contributed by atoms with van der Waals surface area (Å²) >= 11 is 12.5. The van der Waals surface area contributed by atoms with Gasteiger partial charge in [-0.2, -0.15) is 13.2 Å². The van der Waals surface area contributed by atoms with Gasteiger partial charge >= 0.3 is 6.18 Å². The van der Waals surface area contributed by atoms with E-state index in [0.717, 1.165) is 12.1 Å². The molecule has 2 aliphatic rings. The topological polar surface area (TPSA) is 49.9 Å². The van der Waals surface area contributed by atoms with Crippen LogP contribution in [-0.2, 0) is 20.6 Å². The van der Waals surface area contributed by atoms with Crippen LogP contribution in [0.3, 0.4) is 0 Å². The van der Waals surface area contributed by atoms with E-state index in [2.05, 4.69) is 0 Å². The van der Waals surface area contributed by atoms with Crippen LogP contribution in [0, 0.1) is 5.92 Å². The van der Waals surface area contributed by atoms with Gasteiger partial charge in [-0.15, -0.1) is 0 Å². The molecule has 0 saturated carbocycles. The Balaban J connectivity index is 1.63. The minimum Gasteiger partial charge on any atom is -0.273 e. The first-order valence-corrected chi connectivity index (χ1v) is 10.9. The minimum atomic E-state index is -4.76. The summed E-state index contributed by atoms with van der Waals surface area (Å²) in [6.07, 6.45) is -6.09. The van der Waals surface area contributed by atoms with Crippen molar-refractivity contribution >= 4 is 46.4 Å². The van der Waals surface area contributed by atoms with Crippen LogP contribution >= 0.6 is 23.2 Å². The molecule has 5 rings (SSSR count). The smallest absolute Gasteiger partial charge is 0.273 e. The number of hydroxylamine groups is 1. The van der Waals surface area contributed by atoms with Crippen molar-refractivity contribution in [3.05, 3.63) is 94.0 Å². The number of hydrogen-bond donors (Lipinski definition) is 0. The van der Waals surface area contributed by atoms with Crippen LogP contribution < -0.4 is 9.96 Å². The highest BCUT2D eigenvalue weighted by atomic mass is 35.5. The maximum absolute atomic E-state index is 13.6. The SMILES string of the molecule is O=C1[C@@H]2[C@@H](ON(c3ccccc3)[C@H]2c2ccc(Cl)cc2Cl)C(=O)N1c1ccccc1C(F)(F)F. The molecule has 174 valence electrons. The van der Waals surface area contributed by atoms with Crippen LogP contribution in [0.1, 0.15) is 17.2 Å². The van der Waals surface area contributed by atoms with Crippen LogP contribution in [-0.4, -0.2) is 17.9 Å². The molecule has 2 fully saturated rings. The van der Waals surface area contributed by atoms with Crippen LogP contribution in [0.15, 0.2) is 72.8 Å². The summed E-state index contributed by atoms with van der Waals surface area (Å²) in [5.41, 5.74) is -0.613. The number of para-hydroxylation sites is 2. The highest BCUT2D eigenvalue weighted by Gasteiger charge is 2.61. The number of carbonyl (C=O) groups excluding carboxylic acids is 2. The summed E-state index contributed by atoms with van der Waals surface area (Å²) in [4.78, 5) is 33.4. The lowest BCUT2D eigenvalue weighted by molar-refractivity contribution is -0.137. The lowest BCUT2D eigenvalue weighted by Crippen LogP contribution is -2.38. The fourth-order valence-electron chi connectivity index (χ4n) is 4.42. The van der Waals surface area contributed by atoms with E-state index in [0.29, 0.717) is 21.2 Å². The van der Waals surface area contributed by atoms with E-state index < -0.39 is 47.3 Å². The van der Waals surface area contributed by atoms with Crippen LogP contribution in [0.5, 0.6) is 0 Å². The van der Waals surface area contributed by atoms with Gasteiger partial charge < -0.3 is 0 Å². The van der Waals surface area contributed by atoms with Crippen LogP contribution in [0.4, 0.5) is 24.5 Å². The monoisotopic (exact) mass is 506 g/mol. The van der Waals surface area contributed by atoms with Crippen LogP contribution in [0.2, 0.25) is 10.0 Å². The third-order valence-electron chi connectivity index (χ3n) is 5.86. The van der Waals surface area contributed by atoms with Gasteiger partial charge in [0.05, 0.1) is 23.0 Å². The first-order chi connectivity index (χ1) is 16.2. The second-order valence-electron chi connectivity index (χ2n) is 7.85. The molecule has 0 bridgehead atoms. The van der Waals surface area contributed by atoms with Crippen LogP contribution in [0.25, 0.3) is 0 Å². The molecule has 2 aliphatic heterocycles. The average molecular weight is 507 g/mol. The van der Waals surface area contributed by atoms with E-state index in [1.54, 1.807) is 42.5 Å². The molecule has 3 atom stereocenters. The van der Waals surface area contributed by atoms with Gasteiger partial charge in [-0.05, 0) is 42.0 Å². The van der Waals surface area contributed by atoms with Crippen molar-refractivity contribution < 1.29 is 27.6 Å². The molecule has 2 heterocycles. The highest BCUT2D eigenvalue weighted by Crippen LogP contribution is 2.50. The van der Waals surface area contributed by atoms with E-state index in [9.17, 15) is 22.8 Å². The number of anilines is 2. The predicted molar refractivity (Wildman–Crippen MR) is 120 cm³/mol. The number of carbonyl (C=O) groups is 2. The number of imide groups is 1. The molecule has 0 aromatic heterocycles. The summed E-state index contributed by atoms with van der Waals surface area (Å²) < 4.78 is 40.9. The molecule has 2 amide bonds. The number of rotatable bonds is 3. The Kier molecular flexibility index (Phi) is 5.55. The van der Waals surface area contributed by atoms with E-state index in [4.69, 9.17) is 28.0 Å². The molecule has 3 aromatic carbocycles. The van der Waals surface area contributed by atoms with Crippen molar-refractivity contribution in [3.8, 4) is 0 Å². The maximum Gasteiger partial charge on any atom is 0.418 e. The Bertz CT molecular complexity index is 1290. The fraction of sp³-hybridized carbons (Fsp3) is 0.167. The molecule has 0 spiro atoms. The highest BCUT2D eigenvalue weighted by molar-refractivity contribution is 6.35. The fourth-order valence-corrected chi connectivity index (χ4v) is 4.94. The number of alkyl halides is 3. The summed E-state index contributed by atoms with van der Waals surface area (Å²) in [6, 6.07) is 17.0. The number of benzene rings is 3. The molecule has 2 saturated heterocycles. The summed E-state index contributed by atoms with van der Waals surface area (Å²) in [7, 11) is 0. The van der Waals surface area contributed by atoms with E-state index >= 15 is 0 Å².